The molecule has 2 rings (SSSR count). The summed E-state index contributed by atoms with van der Waals surface area (Å²) in [7, 11) is 3.02. The Morgan fingerprint density at radius 2 is 1.68 bits per heavy atom. The van der Waals surface area contributed by atoms with Crippen LogP contribution in [-0.4, -0.2) is 56.9 Å². The van der Waals surface area contributed by atoms with Crippen LogP contribution < -0.4 is 24.8 Å². The Balaban J connectivity index is 1.65. The molecule has 0 spiro atoms. The highest BCUT2D eigenvalue weighted by molar-refractivity contribution is 6.30. The zero-order chi connectivity index (χ0) is 22.6. The van der Waals surface area contributed by atoms with E-state index in [1.54, 1.807) is 42.5 Å². The van der Waals surface area contributed by atoms with Crippen LogP contribution in [0.4, 0.5) is 0 Å². The minimum Gasteiger partial charge on any atom is -0.493 e. The maximum absolute atomic E-state index is 12.0. The van der Waals surface area contributed by atoms with Gasteiger partial charge in [-0.1, -0.05) is 17.7 Å². The van der Waals surface area contributed by atoms with Gasteiger partial charge in [-0.05, 0) is 42.8 Å². The van der Waals surface area contributed by atoms with Crippen molar-refractivity contribution in [2.45, 2.75) is 18.9 Å². The standard InChI is InChI=1S/C22H27ClN2O6/c1-29-18-5-3-6-19(30-2)21(18)31-14-17(26)13-25-20(27)7-4-12-24-22(28)15-8-10-16(23)11-9-15/h3,5-6,8-11,17,26H,4,7,12-14H2,1-2H3,(H,24,28)(H,25,27). The maximum atomic E-state index is 12.0. The molecule has 0 heterocycles. The van der Waals surface area contributed by atoms with Crippen molar-refractivity contribution in [1.82, 2.24) is 10.6 Å². The summed E-state index contributed by atoms with van der Waals surface area (Å²) < 4.78 is 16.1. The van der Waals surface area contributed by atoms with Crippen molar-refractivity contribution in [2.75, 3.05) is 33.9 Å². The fraction of sp³-hybridized carbons (Fsp3) is 0.364. The number of aliphatic hydroxyl groups is 1. The summed E-state index contributed by atoms with van der Waals surface area (Å²) >= 11 is 5.80. The van der Waals surface area contributed by atoms with E-state index in [0.29, 0.717) is 40.8 Å². The molecular formula is C22H27ClN2O6. The topological polar surface area (TPSA) is 106 Å². The Morgan fingerprint density at radius 1 is 1.03 bits per heavy atom. The normalized spacial score (nSPS) is 11.4. The van der Waals surface area contributed by atoms with Crippen LogP contribution in [-0.2, 0) is 4.79 Å². The first-order valence-corrected chi connectivity index (χ1v) is 10.1. The Bertz CT molecular complexity index is 837. The van der Waals surface area contributed by atoms with Gasteiger partial charge in [0.25, 0.3) is 5.91 Å². The van der Waals surface area contributed by atoms with Crippen LogP contribution in [0, 0.1) is 0 Å². The van der Waals surface area contributed by atoms with E-state index in [1.165, 1.54) is 14.2 Å². The fourth-order valence-electron chi connectivity index (χ4n) is 2.67. The zero-order valence-corrected chi connectivity index (χ0v) is 18.3. The summed E-state index contributed by atoms with van der Waals surface area (Å²) in [4.78, 5) is 23.9. The number of halogens is 1. The van der Waals surface area contributed by atoms with Crippen LogP contribution in [0.25, 0.3) is 0 Å². The summed E-state index contributed by atoms with van der Waals surface area (Å²) in [5, 5.41) is 16.0. The zero-order valence-electron chi connectivity index (χ0n) is 17.5. The van der Waals surface area contributed by atoms with Crippen molar-refractivity contribution in [3.8, 4) is 17.2 Å². The predicted molar refractivity (Wildman–Crippen MR) is 117 cm³/mol. The molecule has 0 saturated carbocycles. The van der Waals surface area contributed by atoms with E-state index in [0.717, 1.165) is 0 Å². The van der Waals surface area contributed by atoms with Gasteiger partial charge in [-0.15, -0.1) is 0 Å². The molecule has 0 aromatic heterocycles. The molecule has 2 aromatic rings. The van der Waals surface area contributed by atoms with Crippen LogP contribution >= 0.6 is 11.6 Å². The van der Waals surface area contributed by atoms with Gasteiger partial charge in [-0.25, -0.2) is 0 Å². The van der Waals surface area contributed by atoms with Crippen LogP contribution in [0.2, 0.25) is 5.02 Å². The minimum absolute atomic E-state index is 0.0352. The molecule has 0 aliphatic carbocycles. The van der Waals surface area contributed by atoms with E-state index in [4.69, 9.17) is 25.8 Å². The maximum Gasteiger partial charge on any atom is 0.251 e. The third-order valence-electron chi connectivity index (χ3n) is 4.31. The quantitative estimate of drug-likeness (QED) is 0.429. The molecule has 168 valence electrons. The lowest BCUT2D eigenvalue weighted by Crippen LogP contribution is -2.35. The summed E-state index contributed by atoms with van der Waals surface area (Å²) in [5.41, 5.74) is 0.503. The smallest absolute Gasteiger partial charge is 0.251 e. The van der Waals surface area contributed by atoms with Crippen molar-refractivity contribution >= 4 is 23.4 Å². The van der Waals surface area contributed by atoms with Gasteiger partial charge in [0.05, 0.1) is 14.2 Å². The molecule has 9 heteroatoms. The third-order valence-corrected chi connectivity index (χ3v) is 4.56. The summed E-state index contributed by atoms with van der Waals surface area (Å²) in [5.74, 6) is 0.896. The molecule has 0 aliphatic heterocycles. The lowest BCUT2D eigenvalue weighted by atomic mass is 10.2. The number of aliphatic hydroxyl groups excluding tert-OH is 1. The van der Waals surface area contributed by atoms with Crippen molar-refractivity contribution in [2.24, 2.45) is 0 Å². The second kappa shape index (κ2) is 12.7. The van der Waals surface area contributed by atoms with Crippen molar-refractivity contribution < 1.29 is 28.9 Å². The average molecular weight is 451 g/mol. The first kappa shape index (κ1) is 24.3. The number of methoxy groups -OCH3 is 2. The van der Waals surface area contributed by atoms with Gasteiger partial charge in [0.15, 0.2) is 11.5 Å². The first-order chi connectivity index (χ1) is 14.9. The fourth-order valence-corrected chi connectivity index (χ4v) is 2.80. The molecule has 1 atom stereocenters. The molecule has 1 unspecified atom stereocenters. The number of hydrogen-bond donors (Lipinski definition) is 3. The van der Waals surface area contributed by atoms with Crippen LogP contribution in [0.5, 0.6) is 17.2 Å². The second-order valence-electron chi connectivity index (χ2n) is 6.63. The van der Waals surface area contributed by atoms with E-state index in [1.807, 2.05) is 0 Å². The minimum atomic E-state index is -0.914. The molecule has 31 heavy (non-hydrogen) atoms. The van der Waals surface area contributed by atoms with E-state index in [2.05, 4.69) is 10.6 Å². The van der Waals surface area contributed by atoms with E-state index < -0.39 is 6.10 Å². The molecule has 2 aromatic carbocycles. The Labute approximate surface area is 186 Å². The van der Waals surface area contributed by atoms with Crippen molar-refractivity contribution in [3.63, 3.8) is 0 Å². The van der Waals surface area contributed by atoms with Gasteiger partial charge in [-0.2, -0.15) is 0 Å². The van der Waals surface area contributed by atoms with Gasteiger partial charge in [0, 0.05) is 30.1 Å². The molecule has 3 N–H and O–H groups in total. The Kier molecular flexibility index (Phi) is 9.93. The number of rotatable bonds is 12. The van der Waals surface area contributed by atoms with Gasteiger partial charge >= 0.3 is 0 Å². The monoisotopic (exact) mass is 450 g/mol. The van der Waals surface area contributed by atoms with Crippen molar-refractivity contribution in [1.29, 1.82) is 0 Å². The van der Waals surface area contributed by atoms with Gasteiger partial charge in [0.1, 0.15) is 12.7 Å². The number of ether oxygens (including phenoxy) is 3. The van der Waals surface area contributed by atoms with Crippen LogP contribution in [0.1, 0.15) is 23.2 Å². The molecule has 0 saturated heterocycles. The number of nitrogens with one attached hydrogen (secondary N) is 2. The number of para-hydroxylation sites is 1. The summed E-state index contributed by atoms with van der Waals surface area (Å²) in [6, 6.07) is 11.8. The Morgan fingerprint density at radius 3 is 2.29 bits per heavy atom. The van der Waals surface area contributed by atoms with E-state index in [9.17, 15) is 14.7 Å². The lowest BCUT2D eigenvalue weighted by Gasteiger charge is -2.17. The van der Waals surface area contributed by atoms with E-state index >= 15 is 0 Å². The van der Waals surface area contributed by atoms with Gasteiger partial charge < -0.3 is 30.0 Å². The van der Waals surface area contributed by atoms with Crippen LogP contribution in [0.15, 0.2) is 42.5 Å². The molecule has 0 aliphatic rings. The highest BCUT2D eigenvalue weighted by atomic mass is 35.5. The number of carbonyl (C=O) groups excluding carboxylic acids is 2. The van der Waals surface area contributed by atoms with Crippen LogP contribution in [0.3, 0.4) is 0 Å². The largest absolute Gasteiger partial charge is 0.493 e. The van der Waals surface area contributed by atoms with E-state index in [-0.39, 0.29) is 31.4 Å². The number of amides is 2. The highest BCUT2D eigenvalue weighted by Gasteiger charge is 2.14. The second-order valence-corrected chi connectivity index (χ2v) is 7.06. The van der Waals surface area contributed by atoms with Gasteiger partial charge in [-0.3, -0.25) is 9.59 Å². The third kappa shape index (κ3) is 7.99. The first-order valence-electron chi connectivity index (χ1n) is 9.77. The Hall–Kier alpha value is -2.97. The summed E-state index contributed by atoms with van der Waals surface area (Å²) in [6.45, 7) is 0.343. The molecule has 2 amide bonds. The number of carbonyl (C=O) groups is 2. The summed E-state index contributed by atoms with van der Waals surface area (Å²) in [6.07, 6.45) is -0.228. The SMILES string of the molecule is COc1cccc(OC)c1OCC(O)CNC(=O)CCCNC(=O)c1ccc(Cl)cc1. The molecule has 0 radical (unpaired) electrons. The highest BCUT2D eigenvalue weighted by Crippen LogP contribution is 2.36. The lowest BCUT2D eigenvalue weighted by molar-refractivity contribution is -0.121. The number of hydrogen-bond acceptors (Lipinski definition) is 6. The molecular weight excluding hydrogens is 424 g/mol. The van der Waals surface area contributed by atoms with Gasteiger partial charge in [0.2, 0.25) is 11.7 Å². The number of benzene rings is 2. The average Bonchev–Trinajstić information content (AvgIpc) is 2.79. The molecule has 8 nitrogen and oxygen atoms in total. The van der Waals surface area contributed by atoms with Crippen molar-refractivity contribution in [3.05, 3.63) is 53.1 Å². The predicted octanol–water partition coefficient (Wildman–Crippen LogP) is 2.42. The molecule has 0 fully saturated rings. The molecule has 0 bridgehead atoms.